The molecule has 0 amide bonds. The van der Waals surface area contributed by atoms with E-state index in [0.29, 0.717) is 16.5 Å². The number of aliphatic hydroxyl groups excluding tert-OH is 2. The quantitative estimate of drug-likeness (QED) is 0.823. The monoisotopic (exact) mass is 262 g/mol. The number of hydrogen-bond donors (Lipinski definition) is 2. The minimum absolute atomic E-state index is 0.205. The van der Waals surface area contributed by atoms with E-state index in [1.165, 1.54) is 11.8 Å². The summed E-state index contributed by atoms with van der Waals surface area (Å²) in [6.45, 7) is -0.205. The molecule has 0 fully saturated rings. The van der Waals surface area contributed by atoms with Gasteiger partial charge in [0.25, 0.3) is 0 Å². The molecule has 1 atom stereocenters. The molecule has 0 aliphatic heterocycles. The zero-order valence-electron chi connectivity index (χ0n) is 9.02. The smallest absolute Gasteiger partial charge is 0.120 e. The van der Waals surface area contributed by atoms with Gasteiger partial charge in [-0.25, -0.2) is 0 Å². The minimum Gasteiger partial charge on any atom is -0.497 e. The third-order valence-corrected chi connectivity index (χ3v) is 3.53. The summed E-state index contributed by atoms with van der Waals surface area (Å²) >= 11 is 7.58. The van der Waals surface area contributed by atoms with E-state index in [1.807, 2.05) is 12.1 Å². The van der Waals surface area contributed by atoms with Crippen molar-refractivity contribution in [3.05, 3.63) is 28.8 Å². The van der Waals surface area contributed by atoms with E-state index in [-0.39, 0.29) is 6.61 Å². The Morgan fingerprint density at radius 3 is 2.81 bits per heavy atom. The average molecular weight is 263 g/mol. The Morgan fingerprint density at radius 2 is 2.25 bits per heavy atom. The van der Waals surface area contributed by atoms with E-state index in [4.69, 9.17) is 26.6 Å². The summed E-state index contributed by atoms with van der Waals surface area (Å²) in [5.41, 5.74) is 0.998. The van der Waals surface area contributed by atoms with Gasteiger partial charge < -0.3 is 14.9 Å². The van der Waals surface area contributed by atoms with Crippen LogP contribution in [-0.4, -0.2) is 35.8 Å². The van der Waals surface area contributed by atoms with E-state index in [1.54, 1.807) is 13.2 Å². The van der Waals surface area contributed by atoms with Crippen molar-refractivity contribution >= 4 is 23.4 Å². The number of halogens is 1. The summed E-state index contributed by atoms with van der Waals surface area (Å²) in [7, 11) is 1.59. The molecule has 0 aliphatic carbocycles. The van der Waals surface area contributed by atoms with Gasteiger partial charge in [-0.3, -0.25) is 0 Å². The number of thioether (sulfide) groups is 1. The normalized spacial score (nSPS) is 12.5. The second kappa shape index (κ2) is 7.01. The second-order valence-corrected chi connectivity index (χ2v) is 4.75. The minimum atomic E-state index is -0.665. The predicted molar refractivity (Wildman–Crippen MR) is 67.3 cm³/mol. The standard InChI is InChI=1S/C11H15ClO3S/c1-15-10-3-2-8(11(12)4-10)6-16-7-9(14)5-13/h2-4,9,13-14H,5-7H2,1H3/t9-/m1/s1. The maximum absolute atomic E-state index is 9.16. The summed E-state index contributed by atoms with van der Waals surface area (Å²) in [6, 6.07) is 5.52. The number of methoxy groups -OCH3 is 1. The molecule has 0 saturated carbocycles. The lowest BCUT2D eigenvalue weighted by Gasteiger charge is -2.08. The van der Waals surface area contributed by atoms with Crippen molar-refractivity contribution in [3.8, 4) is 5.75 Å². The fourth-order valence-corrected chi connectivity index (χ4v) is 2.41. The van der Waals surface area contributed by atoms with Gasteiger partial charge in [-0.1, -0.05) is 17.7 Å². The van der Waals surface area contributed by atoms with Crippen molar-refractivity contribution in [2.45, 2.75) is 11.9 Å². The number of ether oxygens (including phenoxy) is 1. The molecule has 0 aliphatic rings. The number of aliphatic hydroxyl groups is 2. The van der Waals surface area contributed by atoms with Crippen molar-refractivity contribution in [1.29, 1.82) is 0 Å². The van der Waals surface area contributed by atoms with Gasteiger partial charge in [-0.15, -0.1) is 0 Å². The Bertz CT molecular complexity index is 333. The van der Waals surface area contributed by atoms with Gasteiger partial charge in [0.15, 0.2) is 0 Å². The fraction of sp³-hybridized carbons (Fsp3) is 0.455. The van der Waals surface area contributed by atoms with Gasteiger partial charge in [-0.05, 0) is 17.7 Å². The van der Waals surface area contributed by atoms with Crippen LogP contribution in [0.1, 0.15) is 5.56 Å². The maximum atomic E-state index is 9.16. The molecule has 1 aromatic rings. The van der Waals surface area contributed by atoms with Crippen LogP contribution in [0.2, 0.25) is 5.02 Å². The first-order valence-electron chi connectivity index (χ1n) is 4.86. The van der Waals surface area contributed by atoms with E-state index in [9.17, 15) is 0 Å². The molecule has 2 N–H and O–H groups in total. The average Bonchev–Trinajstić information content (AvgIpc) is 2.30. The number of benzene rings is 1. The number of hydrogen-bond acceptors (Lipinski definition) is 4. The van der Waals surface area contributed by atoms with Crippen molar-refractivity contribution in [2.75, 3.05) is 19.5 Å². The molecule has 0 aromatic heterocycles. The Labute approximate surface area is 104 Å². The molecule has 16 heavy (non-hydrogen) atoms. The molecule has 0 bridgehead atoms. The zero-order valence-corrected chi connectivity index (χ0v) is 10.6. The molecule has 1 aromatic carbocycles. The topological polar surface area (TPSA) is 49.7 Å². The van der Waals surface area contributed by atoms with Gasteiger partial charge in [-0.2, -0.15) is 11.8 Å². The van der Waals surface area contributed by atoms with Crippen LogP contribution in [0.5, 0.6) is 5.75 Å². The molecule has 0 spiro atoms. The van der Waals surface area contributed by atoms with E-state index >= 15 is 0 Å². The second-order valence-electron chi connectivity index (χ2n) is 3.31. The summed E-state index contributed by atoms with van der Waals surface area (Å²) in [5.74, 6) is 1.94. The van der Waals surface area contributed by atoms with Crippen LogP contribution in [-0.2, 0) is 5.75 Å². The summed E-state index contributed by atoms with van der Waals surface area (Å²) in [4.78, 5) is 0. The molecular formula is C11H15ClO3S. The maximum Gasteiger partial charge on any atom is 0.120 e. The van der Waals surface area contributed by atoms with Gasteiger partial charge in [0.1, 0.15) is 5.75 Å². The van der Waals surface area contributed by atoms with Crippen LogP contribution in [0.3, 0.4) is 0 Å². The Kier molecular flexibility index (Phi) is 5.98. The van der Waals surface area contributed by atoms with Gasteiger partial charge in [0.05, 0.1) is 19.8 Å². The Morgan fingerprint density at radius 1 is 1.50 bits per heavy atom. The van der Waals surface area contributed by atoms with Gasteiger partial charge in [0.2, 0.25) is 0 Å². The Balaban J connectivity index is 2.48. The molecule has 90 valence electrons. The lowest BCUT2D eigenvalue weighted by atomic mass is 10.2. The van der Waals surface area contributed by atoms with Gasteiger partial charge >= 0.3 is 0 Å². The SMILES string of the molecule is COc1ccc(CSC[C@H](O)CO)c(Cl)c1. The van der Waals surface area contributed by atoms with Crippen LogP contribution in [0.4, 0.5) is 0 Å². The van der Waals surface area contributed by atoms with Crippen molar-refractivity contribution in [1.82, 2.24) is 0 Å². The molecule has 0 heterocycles. The summed E-state index contributed by atoms with van der Waals surface area (Å²) in [6.07, 6.45) is -0.665. The number of rotatable bonds is 6. The lowest BCUT2D eigenvalue weighted by Crippen LogP contribution is -2.14. The third-order valence-electron chi connectivity index (χ3n) is 2.04. The van der Waals surface area contributed by atoms with Crippen molar-refractivity contribution in [2.24, 2.45) is 0 Å². The highest BCUT2D eigenvalue weighted by atomic mass is 35.5. The summed E-state index contributed by atoms with van der Waals surface area (Å²) in [5, 5.41) is 18.5. The summed E-state index contributed by atoms with van der Waals surface area (Å²) < 4.78 is 5.05. The molecule has 5 heteroatoms. The lowest BCUT2D eigenvalue weighted by molar-refractivity contribution is 0.113. The van der Waals surface area contributed by atoms with E-state index < -0.39 is 6.10 Å². The first-order chi connectivity index (χ1) is 7.67. The third kappa shape index (κ3) is 4.22. The van der Waals surface area contributed by atoms with Crippen LogP contribution in [0.15, 0.2) is 18.2 Å². The van der Waals surface area contributed by atoms with E-state index in [0.717, 1.165) is 11.3 Å². The van der Waals surface area contributed by atoms with Crippen LogP contribution >= 0.6 is 23.4 Å². The van der Waals surface area contributed by atoms with Crippen molar-refractivity contribution < 1.29 is 14.9 Å². The van der Waals surface area contributed by atoms with Crippen molar-refractivity contribution in [3.63, 3.8) is 0 Å². The van der Waals surface area contributed by atoms with Crippen LogP contribution in [0, 0.1) is 0 Å². The molecule has 0 radical (unpaired) electrons. The van der Waals surface area contributed by atoms with Crippen LogP contribution < -0.4 is 4.74 Å². The molecule has 0 unspecified atom stereocenters. The first kappa shape index (κ1) is 13.6. The van der Waals surface area contributed by atoms with Gasteiger partial charge in [0, 0.05) is 16.5 Å². The van der Waals surface area contributed by atoms with Crippen LogP contribution in [0.25, 0.3) is 0 Å². The largest absolute Gasteiger partial charge is 0.497 e. The fourth-order valence-electron chi connectivity index (χ4n) is 1.13. The first-order valence-corrected chi connectivity index (χ1v) is 6.39. The highest BCUT2D eigenvalue weighted by Gasteiger charge is 2.05. The van der Waals surface area contributed by atoms with E-state index in [2.05, 4.69) is 0 Å². The Hall–Kier alpha value is -0.420. The molecule has 1 rings (SSSR count). The predicted octanol–water partition coefficient (Wildman–Crippen LogP) is 1.93. The molecular weight excluding hydrogens is 248 g/mol. The molecule has 3 nitrogen and oxygen atoms in total. The molecule has 0 saturated heterocycles. The zero-order chi connectivity index (χ0) is 12.0. The highest BCUT2D eigenvalue weighted by Crippen LogP contribution is 2.25. The highest BCUT2D eigenvalue weighted by molar-refractivity contribution is 7.98.